The number of benzene rings is 5. The van der Waals surface area contributed by atoms with E-state index in [1.165, 1.54) is 16.6 Å². The molecule has 0 aliphatic heterocycles. The number of hydrogen-bond acceptors (Lipinski definition) is 2. The van der Waals surface area contributed by atoms with Crippen molar-refractivity contribution in [2.24, 2.45) is 0 Å². The maximum atomic E-state index is 16.9. The minimum Gasteiger partial charge on any atom is -0.298 e. The molecule has 0 fully saturated rings. The number of pyridine rings is 1. The highest BCUT2D eigenvalue weighted by molar-refractivity contribution is 7.75. The van der Waals surface area contributed by atoms with Crippen molar-refractivity contribution in [3.05, 3.63) is 181 Å². The summed E-state index contributed by atoms with van der Waals surface area (Å²) in [5.74, 6) is 0.748. The van der Waals surface area contributed by atoms with Crippen LogP contribution < -0.4 is 14.8 Å². The van der Waals surface area contributed by atoms with Crippen molar-refractivity contribution >= 4 is 52.6 Å². The van der Waals surface area contributed by atoms with Crippen molar-refractivity contribution in [2.45, 2.75) is 12.8 Å². The fourth-order valence-electron chi connectivity index (χ4n) is 6.63. The number of anilines is 4. The van der Waals surface area contributed by atoms with Crippen molar-refractivity contribution < 1.29 is 4.57 Å². The third-order valence-electron chi connectivity index (χ3n) is 8.64. The molecule has 1 aliphatic rings. The Hall–Kier alpha value is -5.64. The number of para-hydroxylation sites is 5. The molecule has 0 spiro atoms. The molecule has 5 nitrogen and oxygen atoms in total. The summed E-state index contributed by atoms with van der Waals surface area (Å²) in [5.41, 5.74) is 7.25. The van der Waals surface area contributed by atoms with Gasteiger partial charge in [-0.15, -0.1) is 0 Å². The number of nitrogens with zero attached hydrogens (tertiary/aromatic N) is 4. The van der Waals surface area contributed by atoms with Crippen LogP contribution in [0.4, 0.5) is 22.7 Å². The first-order valence-electron chi connectivity index (χ1n) is 15.9. The second kappa shape index (κ2) is 12.3. The minimum absolute atomic E-state index is 0.480. The van der Waals surface area contributed by atoms with Crippen LogP contribution in [0.2, 0.25) is 0 Å². The first kappa shape index (κ1) is 28.8. The highest BCUT2D eigenvalue weighted by atomic mass is 31.2. The molecule has 0 bridgehead atoms. The zero-order valence-corrected chi connectivity index (χ0v) is 26.7. The Kier molecular flexibility index (Phi) is 7.53. The Morgan fingerprint density at radius 3 is 1.57 bits per heavy atom. The SMILES string of the molecule is O=P(c1cccc(-n2c3c(c4ccccc42)C=CCC3)n1)(N(c1ccccc1)c1ccccc1)N(c1ccccc1)c1ccccc1. The van der Waals surface area contributed by atoms with Crippen molar-refractivity contribution in [3.8, 4) is 5.82 Å². The average molecular weight is 629 g/mol. The molecule has 0 unspecified atom stereocenters. The van der Waals surface area contributed by atoms with Crippen LogP contribution in [0.3, 0.4) is 0 Å². The zero-order chi connectivity index (χ0) is 31.6. The van der Waals surface area contributed by atoms with Gasteiger partial charge in [0.2, 0.25) is 0 Å². The van der Waals surface area contributed by atoms with Crippen LogP contribution in [0.5, 0.6) is 0 Å². The van der Waals surface area contributed by atoms with E-state index in [-0.39, 0.29) is 0 Å². The largest absolute Gasteiger partial charge is 0.319 e. The van der Waals surface area contributed by atoms with E-state index in [9.17, 15) is 0 Å². The molecule has 2 heterocycles. The zero-order valence-electron chi connectivity index (χ0n) is 25.8. The van der Waals surface area contributed by atoms with Gasteiger partial charge >= 0.3 is 7.44 Å². The average Bonchev–Trinajstić information content (AvgIpc) is 3.48. The monoisotopic (exact) mass is 628 g/mol. The second-order valence-corrected chi connectivity index (χ2v) is 13.9. The number of fused-ring (bicyclic) bond motifs is 3. The van der Waals surface area contributed by atoms with Gasteiger partial charge in [0.25, 0.3) is 0 Å². The van der Waals surface area contributed by atoms with Gasteiger partial charge < -0.3 is 0 Å². The molecular formula is C41H33N4OP. The third kappa shape index (κ3) is 5.06. The Labute approximate surface area is 275 Å². The van der Waals surface area contributed by atoms with E-state index in [1.54, 1.807) is 0 Å². The van der Waals surface area contributed by atoms with Crippen LogP contribution in [0.1, 0.15) is 17.7 Å². The molecule has 0 amide bonds. The van der Waals surface area contributed by atoms with Gasteiger partial charge in [-0.25, -0.2) is 4.98 Å². The highest BCUT2D eigenvalue weighted by Gasteiger charge is 2.43. The van der Waals surface area contributed by atoms with Gasteiger partial charge in [0.1, 0.15) is 11.3 Å². The summed E-state index contributed by atoms with van der Waals surface area (Å²) in [4.78, 5) is 5.38. The maximum absolute atomic E-state index is 16.9. The number of aromatic nitrogens is 2. The molecule has 0 saturated carbocycles. The Balaban J connectivity index is 1.45. The predicted molar refractivity (Wildman–Crippen MR) is 196 cm³/mol. The van der Waals surface area contributed by atoms with Crippen molar-refractivity contribution in [2.75, 3.05) is 9.34 Å². The number of hydrogen-bond donors (Lipinski definition) is 0. The highest BCUT2D eigenvalue weighted by Crippen LogP contribution is 2.62. The van der Waals surface area contributed by atoms with Crippen LogP contribution in [0.15, 0.2) is 170 Å². The molecule has 47 heavy (non-hydrogen) atoms. The van der Waals surface area contributed by atoms with Crippen molar-refractivity contribution in [1.82, 2.24) is 9.55 Å². The summed E-state index contributed by atoms with van der Waals surface area (Å²) >= 11 is 0. The number of rotatable bonds is 8. The molecule has 0 atom stereocenters. The second-order valence-electron chi connectivity index (χ2n) is 11.5. The van der Waals surface area contributed by atoms with E-state index < -0.39 is 7.44 Å². The van der Waals surface area contributed by atoms with Gasteiger partial charge in [-0.3, -0.25) is 18.5 Å². The lowest BCUT2D eigenvalue weighted by Crippen LogP contribution is -2.34. The molecule has 8 rings (SSSR count). The molecule has 6 heteroatoms. The standard InChI is InChI=1S/C41H33N4OP/c46-47(44(32-18-5-1-6-19-32)33-20-7-2-8-21-33,45(34-22-9-3-10-23-34)35-24-11-4-12-25-35)41-31-17-30-40(42-41)43-38-28-15-13-26-36(38)37-27-14-16-29-39(37)43/h1-15,17-28,30-31H,16,29H2. The van der Waals surface area contributed by atoms with Crippen LogP contribution in [0, 0.1) is 0 Å². The molecule has 228 valence electrons. The fourth-order valence-corrected chi connectivity index (χ4v) is 9.51. The minimum atomic E-state index is -3.87. The molecule has 0 saturated heterocycles. The van der Waals surface area contributed by atoms with Crippen molar-refractivity contribution in [3.63, 3.8) is 0 Å². The summed E-state index contributed by atoms with van der Waals surface area (Å²) in [6, 6.07) is 54.4. The molecule has 7 aromatic rings. The predicted octanol–water partition coefficient (Wildman–Crippen LogP) is 10.5. The van der Waals surface area contributed by atoms with Gasteiger partial charge in [-0.1, -0.05) is 109 Å². The molecule has 0 radical (unpaired) electrons. The van der Waals surface area contributed by atoms with Gasteiger partial charge in [0.05, 0.1) is 5.52 Å². The van der Waals surface area contributed by atoms with Crippen LogP contribution in [-0.2, 0) is 11.0 Å². The molecule has 5 aromatic carbocycles. The van der Waals surface area contributed by atoms with Crippen LogP contribution >= 0.6 is 7.44 Å². The van der Waals surface area contributed by atoms with Crippen LogP contribution in [0.25, 0.3) is 22.8 Å². The van der Waals surface area contributed by atoms with E-state index in [4.69, 9.17) is 4.98 Å². The van der Waals surface area contributed by atoms with Crippen molar-refractivity contribution in [1.29, 1.82) is 0 Å². The Morgan fingerprint density at radius 1 is 0.553 bits per heavy atom. The molecule has 2 aromatic heterocycles. The lowest BCUT2D eigenvalue weighted by Gasteiger charge is -2.41. The smallest absolute Gasteiger partial charge is 0.298 e. The summed E-state index contributed by atoms with van der Waals surface area (Å²) in [6.07, 6.45) is 6.34. The normalized spacial score (nSPS) is 12.5. The van der Waals surface area contributed by atoms with Crippen LogP contribution in [-0.4, -0.2) is 9.55 Å². The lowest BCUT2D eigenvalue weighted by molar-refractivity contribution is 0.580. The first-order chi connectivity index (χ1) is 23.2. The quantitative estimate of drug-likeness (QED) is 0.157. The van der Waals surface area contributed by atoms with E-state index in [0.717, 1.165) is 46.9 Å². The fraction of sp³-hybridized carbons (Fsp3) is 0.0488. The van der Waals surface area contributed by atoms with E-state index >= 15 is 4.57 Å². The first-order valence-corrected chi connectivity index (χ1v) is 17.5. The van der Waals surface area contributed by atoms with E-state index in [0.29, 0.717) is 5.44 Å². The molecule has 1 aliphatic carbocycles. The molecule has 0 N–H and O–H groups in total. The summed E-state index contributed by atoms with van der Waals surface area (Å²) in [7, 11) is -3.87. The topological polar surface area (TPSA) is 41.4 Å². The van der Waals surface area contributed by atoms with E-state index in [2.05, 4.69) is 41.0 Å². The third-order valence-corrected chi connectivity index (χ3v) is 11.5. The summed E-state index contributed by atoms with van der Waals surface area (Å²) in [5, 5.41) is 1.19. The van der Waals surface area contributed by atoms with Gasteiger partial charge in [0, 0.05) is 39.4 Å². The molecular weight excluding hydrogens is 595 g/mol. The summed E-state index contributed by atoms with van der Waals surface area (Å²) < 4.78 is 23.1. The van der Waals surface area contributed by atoms with E-state index in [1.807, 2.05) is 149 Å². The Bertz CT molecular complexity index is 2070. The maximum Gasteiger partial charge on any atom is 0.319 e. The Morgan fingerprint density at radius 2 is 1.04 bits per heavy atom. The summed E-state index contributed by atoms with van der Waals surface area (Å²) in [6.45, 7) is 0. The van der Waals surface area contributed by atoms with Gasteiger partial charge in [-0.05, 0) is 79.6 Å². The van der Waals surface area contributed by atoms with Gasteiger partial charge in [-0.2, -0.15) is 0 Å². The number of allylic oxidation sites excluding steroid dienone is 1. The van der Waals surface area contributed by atoms with Gasteiger partial charge in [0.15, 0.2) is 0 Å². The lowest BCUT2D eigenvalue weighted by atomic mass is 10.0.